The molecule has 0 bridgehead atoms. The molecule has 6 heteroatoms. The minimum Gasteiger partial charge on any atom is -0.370 e. The summed E-state index contributed by atoms with van der Waals surface area (Å²) in [6, 6.07) is 5.45. The van der Waals surface area contributed by atoms with Gasteiger partial charge in [0.15, 0.2) is 5.96 Å². The molecule has 0 heterocycles. The summed E-state index contributed by atoms with van der Waals surface area (Å²) in [7, 11) is 0. The van der Waals surface area contributed by atoms with Crippen LogP contribution in [0.4, 0.5) is 5.69 Å². The van der Waals surface area contributed by atoms with E-state index in [2.05, 4.69) is 10.3 Å². The van der Waals surface area contributed by atoms with Gasteiger partial charge in [-0.3, -0.25) is 10.1 Å². The highest BCUT2D eigenvalue weighted by atomic mass is 16.6. The van der Waals surface area contributed by atoms with Gasteiger partial charge in [0.25, 0.3) is 5.69 Å². The smallest absolute Gasteiger partial charge is 0.272 e. The van der Waals surface area contributed by atoms with E-state index in [-0.39, 0.29) is 10.6 Å². The van der Waals surface area contributed by atoms with Crippen LogP contribution in [0, 0.1) is 17.0 Å². The Labute approximate surface area is 124 Å². The van der Waals surface area contributed by atoms with Gasteiger partial charge >= 0.3 is 0 Å². The molecule has 6 nitrogen and oxygen atoms in total. The van der Waals surface area contributed by atoms with E-state index in [0.29, 0.717) is 24.1 Å². The quantitative estimate of drug-likeness (QED) is 0.386. The van der Waals surface area contributed by atoms with E-state index in [0.717, 1.165) is 18.4 Å². The summed E-state index contributed by atoms with van der Waals surface area (Å²) in [5.74, 6) is 0.424. The summed E-state index contributed by atoms with van der Waals surface area (Å²) < 4.78 is 0. The molecular formula is C15H22N4O2. The number of benzene rings is 1. The Morgan fingerprint density at radius 2 is 2.14 bits per heavy atom. The lowest BCUT2D eigenvalue weighted by Crippen LogP contribution is -2.41. The molecule has 1 fully saturated rings. The molecule has 0 spiro atoms. The summed E-state index contributed by atoms with van der Waals surface area (Å²) in [6.45, 7) is 2.10. The second-order valence-corrected chi connectivity index (χ2v) is 5.50. The number of guanidine groups is 1. The van der Waals surface area contributed by atoms with Gasteiger partial charge < -0.3 is 11.1 Å². The number of rotatable bonds is 4. The third-order valence-corrected chi connectivity index (χ3v) is 3.99. The van der Waals surface area contributed by atoms with E-state index in [1.807, 2.05) is 6.07 Å². The molecular weight excluding hydrogens is 268 g/mol. The zero-order valence-corrected chi connectivity index (χ0v) is 12.3. The molecule has 1 aromatic rings. The summed E-state index contributed by atoms with van der Waals surface area (Å²) >= 11 is 0. The maximum Gasteiger partial charge on any atom is 0.272 e. The number of nitro benzene ring substituents is 1. The number of aliphatic imine (C=N–C) groups is 1. The van der Waals surface area contributed by atoms with Crippen LogP contribution in [0.5, 0.6) is 0 Å². The van der Waals surface area contributed by atoms with Gasteiger partial charge in [0.05, 0.1) is 11.5 Å². The largest absolute Gasteiger partial charge is 0.370 e. The van der Waals surface area contributed by atoms with Gasteiger partial charge in [0, 0.05) is 17.7 Å². The van der Waals surface area contributed by atoms with Crippen LogP contribution >= 0.6 is 0 Å². The monoisotopic (exact) mass is 290 g/mol. The van der Waals surface area contributed by atoms with Crippen LogP contribution in [0.25, 0.3) is 0 Å². The van der Waals surface area contributed by atoms with E-state index in [4.69, 9.17) is 5.73 Å². The SMILES string of the molecule is Cc1c(CN=C(N)NC2CCCCC2)cccc1[N+](=O)[O-]. The van der Waals surface area contributed by atoms with Crippen LogP contribution in [-0.2, 0) is 6.54 Å². The van der Waals surface area contributed by atoms with E-state index in [1.54, 1.807) is 13.0 Å². The molecule has 3 N–H and O–H groups in total. The number of nitrogens with zero attached hydrogens (tertiary/aromatic N) is 2. The highest BCUT2D eigenvalue weighted by Crippen LogP contribution is 2.21. The first-order valence-electron chi connectivity index (χ1n) is 7.37. The van der Waals surface area contributed by atoms with Crippen LogP contribution in [0.3, 0.4) is 0 Å². The van der Waals surface area contributed by atoms with Crippen LogP contribution in [0.2, 0.25) is 0 Å². The van der Waals surface area contributed by atoms with Gasteiger partial charge in [-0.1, -0.05) is 31.4 Å². The van der Waals surface area contributed by atoms with Crippen LogP contribution < -0.4 is 11.1 Å². The first-order chi connectivity index (χ1) is 10.1. The fourth-order valence-electron chi connectivity index (χ4n) is 2.71. The van der Waals surface area contributed by atoms with Gasteiger partial charge in [0.2, 0.25) is 0 Å². The summed E-state index contributed by atoms with van der Waals surface area (Å²) in [4.78, 5) is 14.8. The van der Waals surface area contributed by atoms with Gasteiger partial charge in [-0.15, -0.1) is 0 Å². The molecule has 0 aromatic heterocycles. The van der Waals surface area contributed by atoms with E-state index in [9.17, 15) is 10.1 Å². The van der Waals surface area contributed by atoms with E-state index < -0.39 is 0 Å². The second-order valence-electron chi connectivity index (χ2n) is 5.50. The Kier molecular flexibility index (Phi) is 5.14. The van der Waals surface area contributed by atoms with Crippen molar-refractivity contribution in [3.63, 3.8) is 0 Å². The van der Waals surface area contributed by atoms with Crippen molar-refractivity contribution in [2.45, 2.75) is 51.6 Å². The number of nitro groups is 1. The molecule has 2 rings (SSSR count). The number of hydrogen-bond acceptors (Lipinski definition) is 3. The minimum absolute atomic E-state index is 0.126. The molecule has 21 heavy (non-hydrogen) atoms. The molecule has 0 aliphatic heterocycles. The van der Waals surface area contributed by atoms with Crippen molar-refractivity contribution in [2.75, 3.05) is 0 Å². The van der Waals surface area contributed by atoms with Crippen molar-refractivity contribution in [3.05, 3.63) is 39.4 Å². The fraction of sp³-hybridized carbons (Fsp3) is 0.533. The maximum atomic E-state index is 10.9. The summed E-state index contributed by atoms with van der Waals surface area (Å²) in [6.07, 6.45) is 6.02. The Morgan fingerprint density at radius 1 is 1.43 bits per heavy atom. The third-order valence-electron chi connectivity index (χ3n) is 3.99. The zero-order valence-electron chi connectivity index (χ0n) is 12.3. The van der Waals surface area contributed by atoms with Crippen molar-refractivity contribution in [1.29, 1.82) is 0 Å². The van der Waals surface area contributed by atoms with E-state index >= 15 is 0 Å². The van der Waals surface area contributed by atoms with Crippen LogP contribution in [0.15, 0.2) is 23.2 Å². The first kappa shape index (κ1) is 15.3. The van der Waals surface area contributed by atoms with Gasteiger partial charge in [-0.25, -0.2) is 4.99 Å². The standard InChI is InChI=1S/C15H22N4O2/c1-11-12(6-5-9-14(11)19(20)21)10-17-15(16)18-13-7-3-2-4-8-13/h5-6,9,13H,2-4,7-8,10H2,1H3,(H3,16,17,18). The predicted molar refractivity (Wildman–Crippen MR) is 83.2 cm³/mol. The van der Waals surface area contributed by atoms with Crippen molar-refractivity contribution in [2.24, 2.45) is 10.7 Å². The van der Waals surface area contributed by atoms with Crippen molar-refractivity contribution in [1.82, 2.24) is 5.32 Å². The lowest BCUT2D eigenvalue weighted by molar-refractivity contribution is -0.385. The lowest BCUT2D eigenvalue weighted by Gasteiger charge is -2.23. The highest BCUT2D eigenvalue weighted by Gasteiger charge is 2.14. The first-order valence-corrected chi connectivity index (χ1v) is 7.37. The van der Waals surface area contributed by atoms with Crippen molar-refractivity contribution >= 4 is 11.6 Å². The van der Waals surface area contributed by atoms with E-state index in [1.165, 1.54) is 25.3 Å². The normalized spacial score (nSPS) is 16.7. The lowest BCUT2D eigenvalue weighted by atomic mass is 9.96. The molecule has 1 saturated carbocycles. The summed E-state index contributed by atoms with van der Waals surface area (Å²) in [5, 5.41) is 14.1. The number of hydrogen-bond donors (Lipinski definition) is 2. The Balaban J connectivity index is 1.99. The summed E-state index contributed by atoms with van der Waals surface area (Å²) in [5.41, 5.74) is 7.51. The molecule has 0 saturated heterocycles. The average Bonchev–Trinajstić information content (AvgIpc) is 2.47. The van der Waals surface area contributed by atoms with Crippen LogP contribution in [-0.4, -0.2) is 16.9 Å². The molecule has 1 aliphatic rings. The molecule has 0 atom stereocenters. The number of nitrogens with two attached hydrogens (primary N) is 1. The van der Waals surface area contributed by atoms with Crippen molar-refractivity contribution in [3.8, 4) is 0 Å². The van der Waals surface area contributed by atoms with Gasteiger partial charge in [-0.05, 0) is 25.3 Å². The second kappa shape index (κ2) is 7.06. The average molecular weight is 290 g/mol. The van der Waals surface area contributed by atoms with Gasteiger partial charge in [-0.2, -0.15) is 0 Å². The molecule has 114 valence electrons. The highest BCUT2D eigenvalue weighted by molar-refractivity contribution is 5.78. The third kappa shape index (κ3) is 4.18. The number of nitrogens with one attached hydrogen (secondary N) is 1. The molecule has 0 amide bonds. The molecule has 0 radical (unpaired) electrons. The van der Waals surface area contributed by atoms with Gasteiger partial charge in [0.1, 0.15) is 0 Å². The Bertz CT molecular complexity index is 536. The predicted octanol–water partition coefficient (Wildman–Crippen LogP) is 2.64. The Hall–Kier alpha value is -2.11. The fourth-order valence-corrected chi connectivity index (χ4v) is 2.71. The zero-order chi connectivity index (χ0) is 15.2. The molecule has 1 aromatic carbocycles. The van der Waals surface area contributed by atoms with Crippen LogP contribution in [0.1, 0.15) is 43.2 Å². The molecule has 1 aliphatic carbocycles. The maximum absolute atomic E-state index is 10.9. The topological polar surface area (TPSA) is 93.5 Å². The van der Waals surface area contributed by atoms with Crippen molar-refractivity contribution < 1.29 is 4.92 Å². The minimum atomic E-state index is -0.369. The molecule has 0 unspecified atom stereocenters. The Morgan fingerprint density at radius 3 is 2.81 bits per heavy atom.